The Bertz CT molecular complexity index is 1200. The Balaban J connectivity index is 2.05. The van der Waals surface area contributed by atoms with Gasteiger partial charge in [-0.2, -0.15) is 0 Å². The average Bonchev–Trinajstić information content (AvgIpc) is 3.21. The van der Waals surface area contributed by atoms with Crippen LogP contribution >= 0.6 is 0 Å². The number of fused-ring (bicyclic) bond motifs is 1. The van der Waals surface area contributed by atoms with Crippen molar-refractivity contribution in [1.29, 1.82) is 0 Å². The van der Waals surface area contributed by atoms with Crippen molar-refractivity contribution in [2.45, 2.75) is 66.6 Å². The molecule has 6 heteroatoms. The number of carbonyl (C=O) groups is 1. The molecule has 0 N–H and O–H groups in total. The largest absolute Gasteiger partial charge is 0.495 e. The lowest BCUT2D eigenvalue weighted by Crippen LogP contribution is -2.41. The number of aryl methyl sites for hydroxylation is 1. The summed E-state index contributed by atoms with van der Waals surface area (Å²) in [6.45, 7) is 16.0. The highest BCUT2D eigenvalue weighted by Crippen LogP contribution is 2.39. The van der Waals surface area contributed by atoms with Gasteiger partial charge in [0.25, 0.3) is 0 Å². The normalized spacial score (nSPS) is 17.5. The summed E-state index contributed by atoms with van der Waals surface area (Å²) in [4.78, 5) is 13.7. The van der Waals surface area contributed by atoms with Gasteiger partial charge < -0.3 is 18.6 Å². The molecule has 0 radical (unpaired) electrons. The SMILES string of the molecule is COc1ccc(B2OC(C)(C)C(C)(C)O2)c2c(C(=O)C(C)(C)C)cn(-c3ccc(C)cc3)c12. The van der Waals surface area contributed by atoms with Crippen LogP contribution in [-0.4, -0.2) is 35.8 Å². The van der Waals surface area contributed by atoms with Crippen molar-refractivity contribution in [2.75, 3.05) is 7.11 Å². The van der Waals surface area contributed by atoms with Crippen molar-refractivity contribution in [1.82, 2.24) is 4.57 Å². The van der Waals surface area contributed by atoms with E-state index < -0.39 is 23.7 Å². The predicted octanol–water partition coefficient (Wildman–Crippen LogP) is 5.48. The van der Waals surface area contributed by atoms with Gasteiger partial charge in [0.1, 0.15) is 5.75 Å². The first-order valence-electron chi connectivity index (χ1n) is 11.5. The van der Waals surface area contributed by atoms with Crippen LogP contribution in [0.4, 0.5) is 0 Å². The number of nitrogens with zero attached hydrogens (tertiary/aromatic N) is 1. The molecule has 2 heterocycles. The van der Waals surface area contributed by atoms with Crippen LogP contribution < -0.4 is 10.2 Å². The summed E-state index contributed by atoms with van der Waals surface area (Å²) in [5.74, 6) is 0.753. The third kappa shape index (κ3) is 3.89. The molecule has 174 valence electrons. The molecule has 0 aliphatic carbocycles. The maximum Gasteiger partial charge on any atom is 0.495 e. The van der Waals surface area contributed by atoms with E-state index in [4.69, 9.17) is 14.0 Å². The zero-order valence-corrected chi connectivity index (χ0v) is 21.2. The molecule has 0 unspecified atom stereocenters. The molecule has 0 atom stereocenters. The van der Waals surface area contributed by atoms with Gasteiger partial charge in [-0.05, 0) is 58.3 Å². The fourth-order valence-electron chi connectivity index (χ4n) is 4.18. The van der Waals surface area contributed by atoms with E-state index in [1.165, 1.54) is 5.56 Å². The van der Waals surface area contributed by atoms with Gasteiger partial charge in [0.2, 0.25) is 0 Å². The van der Waals surface area contributed by atoms with Crippen molar-refractivity contribution in [3.63, 3.8) is 0 Å². The number of benzene rings is 2. The molecule has 1 saturated heterocycles. The van der Waals surface area contributed by atoms with Gasteiger partial charge in [0, 0.05) is 28.2 Å². The van der Waals surface area contributed by atoms with Gasteiger partial charge in [0.15, 0.2) is 5.78 Å². The quantitative estimate of drug-likeness (QED) is 0.393. The van der Waals surface area contributed by atoms with E-state index in [1.54, 1.807) is 7.11 Å². The first kappa shape index (κ1) is 23.6. The van der Waals surface area contributed by atoms with Crippen LogP contribution in [0.25, 0.3) is 16.6 Å². The number of carbonyl (C=O) groups excluding carboxylic acids is 1. The number of hydrogen-bond acceptors (Lipinski definition) is 4. The van der Waals surface area contributed by atoms with Gasteiger partial charge in [-0.15, -0.1) is 0 Å². The second-order valence-corrected chi connectivity index (χ2v) is 11.0. The molecule has 5 nitrogen and oxygen atoms in total. The Hall–Kier alpha value is -2.57. The summed E-state index contributed by atoms with van der Waals surface area (Å²) in [6.07, 6.45) is 1.93. The summed E-state index contributed by atoms with van der Waals surface area (Å²) in [5, 5.41) is 0.813. The number of hydrogen-bond donors (Lipinski definition) is 0. The number of rotatable bonds is 4. The molecule has 0 spiro atoms. The molecular formula is C27H34BNO4. The van der Waals surface area contributed by atoms with E-state index in [0.29, 0.717) is 11.3 Å². The predicted molar refractivity (Wildman–Crippen MR) is 134 cm³/mol. The molecule has 0 bridgehead atoms. The molecule has 33 heavy (non-hydrogen) atoms. The topological polar surface area (TPSA) is 49.7 Å². The summed E-state index contributed by atoms with van der Waals surface area (Å²) >= 11 is 0. The first-order valence-corrected chi connectivity index (χ1v) is 11.5. The summed E-state index contributed by atoms with van der Waals surface area (Å²) in [6, 6.07) is 12.1. The molecule has 3 aromatic rings. The van der Waals surface area contributed by atoms with Crippen molar-refractivity contribution >= 4 is 29.3 Å². The monoisotopic (exact) mass is 447 g/mol. The lowest BCUT2D eigenvalue weighted by molar-refractivity contribution is 0.00578. The number of ether oxygens (including phenoxy) is 1. The van der Waals surface area contributed by atoms with Crippen LogP contribution in [-0.2, 0) is 9.31 Å². The molecule has 1 aliphatic heterocycles. The Morgan fingerprint density at radius 3 is 2.06 bits per heavy atom. The molecule has 1 aromatic heterocycles. The van der Waals surface area contributed by atoms with Gasteiger partial charge in [-0.1, -0.05) is 44.5 Å². The molecule has 2 aromatic carbocycles. The minimum Gasteiger partial charge on any atom is -0.495 e. The summed E-state index contributed by atoms with van der Waals surface area (Å²) in [5.41, 5.74) is 2.91. The molecule has 1 aliphatic rings. The fraction of sp³-hybridized carbons (Fsp3) is 0.444. The Morgan fingerprint density at radius 2 is 1.55 bits per heavy atom. The van der Waals surface area contributed by atoms with Crippen molar-refractivity contribution in [3.8, 4) is 11.4 Å². The fourth-order valence-corrected chi connectivity index (χ4v) is 4.18. The van der Waals surface area contributed by atoms with E-state index in [9.17, 15) is 4.79 Å². The minimum atomic E-state index is -0.594. The molecule has 0 amide bonds. The highest BCUT2D eigenvalue weighted by Gasteiger charge is 2.52. The minimum absolute atomic E-state index is 0.0596. The Morgan fingerprint density at radius 1 is 0.970 bits per heavy atom. The van der Waals surface area contributed by atoms with Crippen LogP contribution in [0, 0.1) is 12.3 Å². The lowest BCUT2D eigenvalue weighted by atomic mass is 9.74. The van der Waals surface area contributed by atoms with Crippen molar-refractivity contribution in [2.24, 2.45) is 5.41 Å². The summed E-state index contributed by atoms with van der Waals surface area (Å²) < 4.78 is 20.6. The van der Waals surface area contributed by atoms with Crippen LogP contribution in [0.15, 0.2) is 42.6 Å². The zero-order chi connectivity index (χ0) is 24.3. The van der Waals surface area contributed by atoms with Gasteiger partial charge in [-0.3, -0.25) is 4.79 Å². The molecule has 4 rings (SSSR count). The van der Waals surface area contributed by atoms with Gasteiger partial charge in [-0.25, -0.2) is 0 Å². The standard InChI is InChI=1S/C27H34BNO4/c1-17-10-12-18(13-11-17)29-16-19(24(30)25(2,3)4)22-20(14-15-21(31-9)23(22)29)28-32-26(5,6)27(7,8)33-28/h10-16H,1-9H3. The van der Waals surface area contributed by atoms with Crippen LogP contribution in [0.1, 0.15) is 64.4 Å². The van der Waals surface area contributed by atoms with Gasteiger partial charge in [0.05, 0.1) is 23.8 Å². The smallest absolute Gasteiger partial charge is 0.495 e. The van der Waals surface area contributed by atoms with Crippen LogP contribution in [0.3, 0.4) is 0 Å². The van der Waals surface area contributed by atoms with E-state index in [2.05, 4.69) is 31.2 Å². The molecule has 0 saturated carbocycles. The van der Waals surface area contributed by atoms with Crippen LogP contribution in [0.2, 0.25) is 0 Å². The Kier molecular flexibility index (Phi) is 5.54. The molecule has 1 fully saturated rings. The van der Waals surface area contributed by atoms with E-state index >= 15 is 0 Å². The van der Waals surface area contributed by atoms with Gasteiger partial charge >= 0.3 is 7.12 Å². The second kappa shape index (κ2) is 7.74. The van der Waals surface area contributed by atoms with Crippen LogP contribution in [0.5, 0.6) is 5.75 Å². The molecular weight excluding hydrogens is 413 g/mol. The average molecular weight is 447 g/mol. The summed E-state index contributed by atoms with van der Waals surface area (Å²) in [7, 11) is 1.06. The maximum absolute atomic E-state index is 13.7. The first-order chi connectivity index (χ1) is 15.3. The number of aromatic nitrogens is 1. The van der Waals surface area contributed by atoms with E-state index in [-0.39, 0.29) is 5.78 Å². The van der Waals surface area contributed by atoms with E-state index in [0.717, 1.165) is 22.1 Å². The third-order valence-corrected chi connectivity index (χ3v) is 6.91. The highest BCUT2D eigenvalue weighted by molar-refractivity contribution is 6.65. The number of methoxy groups -OCH3 is 1. The number of ketones is 1. The zero-order valence-electron chi connectivity index (χ0n) is 21.2. The highest BCUT2D eigenvalue weighted by atomic mass is 16.7. The Labute approximate surface area is 197 Å². The van der Waals surface area contributed by atoms with E-state index in [1.807, 2.05) is 71.4 Å². The second-order valence-electron chi connectivity index (χ2n) is 11.0. The van der Waals surface area contributed by atoms with Crippen molar-refractivity contribution < 1.29 is 18.8 Å². The lowest BCUT2D eigenvalue weighted by Gasteiger charge is -2.32. The van der Waals surface area contributed by atoms with Crippen molar-refractivity contribution in [3.05, 3.63) is 53.7 Å². The number of Topliss-reactive ketones (excluding diaryl/α,β-unsaturated/α-hetero) is 1. The maximum atomic E-state index is 13.7. The third-order valence-electron chi connectivity index (χ3n) is 6.91.